The summed E-state index contributed by atoms with van der Waals surface area (Å²) < 4.78 is 1.10. The van der Waals surface area contributed by atoms with E-state index in [0.717, 1.165) is 15.2 Å². The van der Waals surface area contributed by atoms with Gasteiger partial charge in [0.2, 0.25) is 11.8 Å². The molecule has 0 bridgehead atoms. The molecule has 0 unspecified atom stereocenters. The molecule has 146 valence electrons. The number of aromatic nitrogens is 1. The van der Waals surface area contributed by atoms with Crippen molar-refractivity contribution in [3.8, 4) is 0 Å². The first-order valence-corrected chi connectivity index (χ1v) is 9.93. The van der Waals surface area contributed by atoms with Crippen molar-refractivity contribution in [1.29, 1.82) is 0 Å². The van der Waals surface area contributed by atoms with E-state index in [-0.39, 0.29) is 24.9 Å². The van der Waals surface area contributed by atoms with Crippen LogP contribution in [0, 0.1) is 0 Å². The Kier molecular flexibility index (Phi) is 6.61. The molecule has 3 aromatic rings. The zero-order valence-electron chi connectivity index (χ0n) is 15.7. The normalized spacial score (nSPS) is 11.0. The number of nitrogens with zero attached hydrogens (tertiary/aromatic N) is 3. The Morgan fingerprint density at radius 3 is 2.54 bits per heavy atom. The minimum Gasteiger partial charge on any atom is -0.338 e. The van der Waals surface area contributed by atoms with Gasteiger partial charge in [-0.15, -0.1) is 11.3 Å². The number of para-hydroxylation sites is 2. The van der Waals surface area contributed by atoms with Crippen LogP contribution >= 0.6 is 22.9 Å². The predicted octanol–water partition coefficient (Wildman–Crippen LogP) is 3.48. The summed E-state index contributed by atoms with van der Waals surface area (Å²) in [5, 5.41) is 4.11. The molecule has 0 aliphatic heterocycles. The predicted molar refractivity (Wildman–Crippen MR) is 114 cm³/mol. The lowest BCUT2D eigenvalue weighted by Crippen LogP contribution is -2.39. The first-order chi connectivity index (χ1) is 13.4. The van der Waals surface area contributed by atoms with Crippen LogP contribution in [0.2, 0.25) is 5.02 Å². The summed E-state index contributed by atoms with van der Waals surface area (Å²) in [6, 6.07) is 14.9. The van der Waals surface area contributed by atoms with Gasteiger partial charge in [0.1, 0.15) is 5.01 Å². The number of carbonyl (C=O) groups is 2. The topological polar surface area (TPSA) is 65.5 Å². The maximum Gasteiger partial charge on any atom is 0.238 e. The van der Waals surface area contributed by atoms with Crippen molar-refractivity contribution in [3.05, 3.63) is 58.6 Å². The zero-order chi connectivity index (χ0) is 20.1. The summed E-state index contributed by atoms with van der Waals surface area (Å²) in [6.45, 7) is 0.668. The fourth-order valence-corrected chi connectivity index (χ4v) is 3.89. The van der Waals surface area contributed by atoms with Gasteiger partial charge in [-0.25, -0.2) is 4.98 Å². The number of hydrogen-bond acceptors (Lipinski definition) is 5. The highest BCUT2D eigenvalue weighted by Crippen LogP contribution is 2.22. The molecule has 1 N–H and O–H groups in total. The molecule has 0 spiro atoms. The fraction of sp³-hybridized carbons (Fsp3) is 0.250. The molecule has 0 aliphatic rings. The Morgan fingerprint density at radius 2 is 1.79 bits per heavy atom. The summed E-state index contributed by atoms with van der Waals surface area (Å²) in [5.74, 6) is -0.301. The Morgan fingerprint density at radius 1 is 1.07 bits per heavy atom. The van der Waals surface area contributed by atoms with Crippen molar-refractivity contribution in [2.75, 3.05) is 32.5 Å². The van der Waals surface area contributed by atoms with Gasteiger partial charge < -0.3 is 10.2 Å². The van der Waals surface area contributed by atoms with Gasteiger partial charge in [0.15, 0.2) is 0 Å². The molecule has 6 nitrogen and oxygen atoms in total. The molecule has 0 aliphatic carbocycles. The highest BCUT2D eigenvalue weighted by molar-refractivity contribution is 7.18. The van der Waals surface area contributed by atoms with Gasteiger partial charge >= 0.3 is 0 Å². The Balaban J connectivity index is 1.50. The summed E-state index contributed by atoms with van der Waals surface area (Å²) in [6.07, 6.45) is 0. The van der Waals surface area contributed by atoms with Crippen LogP contribution in [0.1, 0.15) is 5.01 Å². The summed E-state index contributed by atoms with van der Waals surface area (Å²) in [4.78, 5) is 32.5. The summed E-state index contributed by atoms with van der Waals surface area (Å²) in [5.41, 5.74) is 1.50. The number of carbonyl (C=O) groups excluding carboxylic acids is 2. The second-order valence-electron chi connectivity index (χ2n) is 6.53. The number of benzene rings is 2. The standard InChI is InChI=1S/C20H21ClN4O2S/c1-24(11-18(26)22-15-8-4-3-7-14(15)21)13-20(27)25(2)12-19-23-16-9-5-6-10-17(16)28-19/h3-10H,11-13H2,1-2H3,(H,22,26). The van der Waals surface area contributed by atoms with Crippen LogP contribution in [0.4, 0.5) is 5.69 Å². The molecular formula is C20H21ClN4O2S. The second-order valence-corrected chi connectivity index (χ2v) is 8.05. The number of fused-ring (bicyclic) bond motifs is 1. The van der Waals surface area contributed by atoms with E-state index in [4.69, 9.17) is 11.6 Å². The first kappa shape index (κ1) is 20.3. The first-order valence-electron chi connectivity index (χ1n) is 8.73. The van der Waals surface area contributed by atoms with Crippen molar-refractivity contribution in [2.24, 2.45) is 0 Å². The van der Waals surface area contributed by atoms with Crippen molar-refractivity contribution in [2.45, 2.75) is 6.54 Å². The van der Waals surface area contributed by atoms with Gasteiger partial charge in [0.25, 0.3) is 0 Å². The van der Waals surface area contributed by atoms with Crippen LogP contribution in [-0.4, -0.2) is 53.8 Å². The molecule has 0 atom stereocenters. The van der Waals surface area contributed by atoms with Crippen molar-refractivity contribution < 1.29 is 9.59 Å². The van der Waals surface area contributed by atoms with E-state index < -0.39 is 0 Å². The highest BCUT2D eigenvalue weighted by atomic mass is 35.5. The largest absolute Gasteiger partial charge is 0.338 e. The molecule has 1 heterocycles. The number of anilines is 1. The Labute approximate surface area is 172 Å². The SMILES string of the molecule is CN(CC(=O)Nc1ccccc1Cl)CC(=O)N(C)Cc1nc2ccccc2s1. The average Bonchev–Trinajstić information content (AvgIpc) is 3.05. The smallest absolute Gasteiger partial charge is 0.238 e. The maximum absolute atomic E-state index is 12.5. The number of hydrogen-bond donors (Lipinski definition) is 1. The molecule has 0 fully saturated rings. The number of amides is 2. The fourth-order valence-electron chi connectivity index (χ4n) is 2.68. The van der Waals surface area contributed by atoms with Crippen molar-refractivity contribution in [3.63, 3.8) is 0 Å². The molecule has 2 amide bonds. The second kappa shape index (κ2) is 9.14. The van der Waals surface area contributed by atoms with Gasteiger partial charge in [-0.3, -0.25) is 14.5 Å². The van der Waals surface area contributed by atoms with Crippen molar-refractivity contribution >= 4 is 50.7 Å². The van der Waals surface area contributed by atoms with E-state index in [1.807, 2.05) is 24.3 Å². The van der Waals surface area contributed by atoms with Crippen LogP contribution in [0.15, 0.2) is 48.5 Å². The molecule has 3 rings (SSSR count). The third-order valence-corrected chi connectivity index (χ3v) is 5.45. The number of halogens is 1. The summed E-state index contributed by atoms with van der Waals surface area (Å²) in [7, 11) is 3.47. The lowest BCUT2D eigenvalue weighted by atomic mass is 10.3. The Hall–Kier alpha value is -2.48. The van der Waals surface area contributed by atoms with Crippen LogP contribution in [0.5, 0.6) is 0 Å². The van der Waals surface area contributed by atoms with E-state index in [1.54, 1.807) is 59.5 Å². The van der Waals surface area contributed by atoms with E-state index in [2.05, 4.69) is 10.3 Å². The van der Waals surface area contributed by atoms with E-state index in [0.29, 0.717) is 17.3 Å². The molecule has 0 radical (unpaired) electrons. The van der Waals surface area contributed by atoms with E-state index in [1.165, 1.54) is 0 Å². The minimum absolute atomic E-state index is 0.0766. The van der Waals surface area contributed by atoms with Crippen LogP contribution in [-0.2, 0) is 16.1 Å². The van der Waals surface area contributed by atoms with Gasteiger partial charge in [-0.2, -0.15) is 0 Å². The molecule has 8 heteroatoms. The van der Waals surface area contributed by atoms with Crippen LogP contribution in [0.25, 0.3) is 10.2 Å². The number of nitrogens with one attached hydrogen (secondary N) is 1. The number of thiazole rings is 1. The molecule has 1 aromatic heterocycles. The lowest BCUT2D eigenvalue weighted by Gasteiger charge is -2.21. The van der Waals surface area contributed by atoms with Gasteiger partial charge in [-0.1, -0.05) is 35.9 Å². The number of rotatable bonds is 7. The minimum atomic E-state index is -0.225. The maximum atomic E-state index is 12.5. The quantitative estimate of drug-likeness (QED) is 0.640. The molecule has 0 saturated carbocycles. The third-order valence-electron chi connectivity index (χ3n) is 4.10. The number of likely N-dealkylation sites (N-methyl/N-ethyl adjacent to an activating group) is 2. The van der Waals surface area contributed by atoms with E-state index in [9.17, 15) is 9.59 Å². The third kappa shape index (κ3) is 5.28. The van der Waals surface area contributed by atoms with Gasteiger partial charge in [0.05, 0.1) is 40.6 Å². The zero-order valence-corrected chi connectivity index (χ0v) is 17.3. The summed E-state index contributed by atoms with van der Waals surface area (Å²) >= 11 is 7.62. The monoisotopic (exact) mass is 416 g/mol. The van der Waals surface area contributed by atoms with Gasteiger partial charge in [-0.05, 0) is 31.3 Å². The molecule has 28 heavy (non-hydrogen) atoms. The lowest BCUT2D eigenvalue weighted by molar-refractivity contribution is -0.131. The molecular weight excluding hydrogens is 396 g/mol. The van der Waals surface area contributed by atoms with Crippen LogP contribution < -0.4 is 5.32 Å². The van der Waals surface area contributed by atoms with Gasteiger partial charge in [0, 0.05) is 7.05 Å². The molecule has 2 aromatic carbocycles. The highest BCUT2D eigenvalue weighted by Gasteiger charge is 2.16. The molecule has 0 saturated heterocycles. The van der Waals surface area contributed by atoms with Crippen LogP contribution in [0.3, 0.4) is 0 Å². The Bertz CT molecular complexity index is 958. The van der Waals surface area contributed by atoms with Crippen molar-refractivity contribution in [1.82, 2.24) is 14.8 Å². The average molecular weight is 417 g/mol. The van der Waals surface area contributed by atoms with E-state index >= 15 is 0 Å².